The van der Waals surface area contributed by atoms with E-state index in [4.69, 9.17) is 20.2 Å². The first-order valence-corrected chi connectivity index (χ1v) is 17.1. The van der Waals surface area contributed by atoms with Crippen LogP contribution < -0.4 is 11.1 Å². The molecule has 1 unspecified atom stereocenters. The van der Waals surface area contributed by atoms with Crippen LogP contribution in [0.2, 0.25) is 0 Å². The molecule has 1 atom stereocenters. The molecular formula is C33H45N11O2S. The van der Waals surface area contributed by atoms with E-state index in [-0.39, 0.29) is 17.6 Å². The summed E-state index contributed by atoms with van der Waals surface area (Å²) in [5.74, 6) is 1.03. The van der Waals surface area contributed by atoms with Crippen LogP contribution in [0.4, 0.5) is 5.00 Å². The number of thiophene rings is 1. The monoisotopic (exact) mass is 659 g/mol. The summed E-state index contributed by atoms with van der Waals surface area (Å²) in [5, 5.41) is 27.5. The lowest BCUT2D eigenvalue weighted by Gasteiger charge is -2.22. The van der Waals surface area contributed by atoms with Crippen LogP contribution in [-0.4, -0.2) is 72.2 Å². The predicted octanol–water partition coefficient (Wildman–Crippen LogP) is 5.87. The topological polar surface area (TPSA) is 170 Å². The minimum Gasteiger partial charge on any atom is -0.389 e. The van der Waals surface area contributed by atoms with Gasteiger partial charge < -0.3 is 20.5 Å². The molecule has 0 aliphatic carbocycles. The average molecular weight is 660 g/mol. The number of anilines is 1. The van der Waals surface area contributed by atoms with Gasteiger partial charge >= 0.3 is 0 Å². The molecule has 0 aliphatic heterocycles. The van der Waals surface area contributed by atoms with Crippen molar-refractivity contribution in [2.75, 3.05) is 26.4 Å². The third-order valence-electron chi connectivity index (χ3n) is 8.03. The van der Waals surface area contributed by atoms with Gasteiger partial charge in [-0.2, -0.15) is 15.5 Å². The van der Waals surface area contributed by atoms with E-state index in [1.807, 2.05) is 18.5 Å². The van der Waals surface area contributed by atoms with E-state index in [0.717, 1.165) is 42.7 Å². The molecule has 3 N–H and O–H groups in total. The molecule has 1 amide bonds. The molecule has 47 heavy (non-hydrogen) atoms. The van der Waals surface area contributed by atoms with Crippen molar-refractivity contribution in [1.29, 1.82) is 5.26 Å². The van der Waals surface area contributed by atoms with Gasteiger partial charge in [-0.25, -0.2) is 19.3 Å². The molecule has 13 nitrogen and oxygen atoms in total. The van der Waals surface area contributed by atoms with Gasteiger partial charge in [-0.05, 0) is 45.8 Å². The predicted molar refractivity (Wildman–Crippen MR) is 185 cm³/mol. The van der Waals surface area contributed by atoms with Gasteiger partial charge in [-0.15, -0.1) is 11.3 Å². The van der Waals surface area contributed by atoms with Crippen molar-refractivity contribution < 1.29 is 9.32 Å². The minimum atomic E-state index is -0.305. The van der Waals surface area contributed by atoms with E-state index < -0.39 is 0 Å². The fraction of sp³-hybridized carbons (Fsp3) is 0.485. The first-order valence-electron chi connectivity index (χ1n) is 16.3. The van der Waals surface area contributed by atoms with Gasteiger partial charge in [0.15, 0.2) is 34.4 Å². The summed E-state index contributed by atoms with van der Waals surface area (Å²) in [6.45, 7) is 14.0. The minimum absolute atomic E-state index is 0.189. The third kappa shape index (κ3) is 7.06. The summed E-state index contributed by atoms with van der Waals surface area (Å²) in [6.07, 6.45) is 7.53. The van der Waals surface area contributed by atoms with E-state index in [1.165, 1.54) is 11.3 Å². The first kappa shape index (κ1) is 35.2. The second-order valence-electron chi connectivity index (χ2n) is 11.0. The summed E-state index contributed by atoms with van der Waals surface area (Å²) >= 11 is 1.42. The van der Waals surface area contributed by atoms with Crippen LogP contribution in [0.3, 0.4) is 0 Å². The fourth-order valence-electron chi connectivity index (χ4n) is 5.27. The zero-order chi connectivity index (χ0) is 34.2. The number of fused-ring (bicyclic) bond motifs is 1. The maximum atomic E-state index is 12.3. The van der Waals surface area contributed by atoms with Crippen LogP contribution in [0, 0.1) is 11.3 Å². The summed E-state index contributed by atoms with van der Waals surface area (Å²) in [4.78, 5) is 25.5. The van der Waals surface area contributed by atoms with E-state index in [2.05, 4.69) is 66.4 Å². The number of nitrogens with zero attached hydrogens (tertiary/aromatic N) is 9. The summed E-state index contributed by atoms with van der Waals surface area (Å²) < 4.78 is 9.50. The number of amides is 1. The van der Waals surface area contributed by atoms with E-state index >= 15 is 0 Å². The van der Waals surface area contributed by atoms with Crippen molar-refractivity contribution in [3.05, 3.63) is 40.2 Å². The average Bonchev–Trinajstić information content (AvgIpc) is 3.89. The van der Waals surface area contributed by atoms with E-state index in [1.54, 1.807) is 30.2 Å². The number of rotatable bonds is 13. The highest BCUT2D eigenvalue weighted by atomic mass is 32.1. The molecule has 0 aliphatic rings. The lowest BCUT2D eigenvalue weighted by Crippen LogP contribution is -2.32. The molecule has 0 saturated carbocycles. The van der Waals surface area contributed by atoms with Crippen LogP contribution in [-0.2, 0) is 19.4 Å². The molecule has 0 bridgehead atoms. The molecule has 5 aromatic rings. The van der Waals surface area contributed by atoms with Crippen molar-refractivity contribution in [2.24, 2.45) is 0 Å². The van der Waals surface area contributed by atoms with Crippen LogP contribution in [0.5, 0.6) is 0 Å². The number of nitrogens with two attached hydrogens (primary N) is 1. The molecule has 0 saturated heterocycles. The molecule has 0 aromatic carbocycles. The summed E-state index contributed by atoms with van der Waals surface area (Å²) in [6, 6.07) is 4.11. The Kier molecular flexibility index (Phi) is 11.8. The van der Waals surface area contributed by atoms with Crippen molar-refractivity contribution in [3.63, 3.8) is 0 Å². The molecule has 5 aromatic heterocycles. The Morgan fingerprint density at radius 2 is 1.98 bits per heavy atom. The lowest BCUT2D eigenvalue weighted by atomic mass is 9.98. The molecule has 0 radical (unpaired) electrons. The number of nitriles is 1. The van der Waals surface area contributed by atoms with Crippen molar-refractivity contribution in [3.8, 4) is 34.7 Å². The van der Waals surface area contributed by atoms with Gasteiger partial charge in [0.05, 0.1) is 29.3 Å². The number of aromatic nitrogens is 7. The van der Waals surface area contributed by atoms with Crippen molar-refractivity contribution >= 4 is 33.3 Å². The van der Waals surface area contributed by atoms with Gasteiger partial charge in [0.1, 0.15) is 11.1 Å². The third-order valence-corrected chi connectivity index (χ3v) is 9.11. The van der Waals surface area contributed by atoms with Gasteiger partial charge in [0.2, 0.25) is 0 Å². The second kappa shape index (κ2) is 15.8. The molecule has 250 valence electrons. The molecule has 5 rings (SSSR count). The van der Waals surface area contributed by atoms with Gasteiger partial charge in [0, 0.05) is 29.7 Å². The zero-order valence-electron chi connectivity index (χ0n) is 28.6. The number of nitrogens with one attached hydrogen (secondary N) is 1. The van der Waals surface area contributed by atoms with Crippen molar-refractivity contribution in [2.45, 2.75) is 86.2 Å². The second-order valence-corrected chi connectivity index (χ2v) is 12.2. The number of aryl methyl sites for hydroxylation is 1. The SMILES string of the molecule is CC.CCCCc1c(-c2nc(-n3ccc(C(=O)NC)n3)c3cnn(CC(C)N(C)CC)c3n2)noc1-c1c(CCC)sc(N)c1C#N. The first-order chi connectivity index (χ1) is 22.8. The summed E-state index contributed by atoms with van der Waals surface area (Å²) in [5.41, 5.74) is 9.59. The number of hydrogen-bond acceptors (Lipinski definition) is 11. The van der Waals surface area contributed by atoms with Crippen LogP contribution in [0.1, 0.15) is 87.3 Å². The largest absolute Gasteiger partial charge is 0.389 e. The molecule has 14 heteroatoms. The van der Waals surface area contributed by atoms with Gasteiger partial charge in [-0.1, -0.05) is 52.6 Å². The Morgan fingerprint density at radius 1 is 1.21 bits per heavy atom. The Hall–Kier alpha value is -4.61. The number of likely N-dealkylation sites (N-methyl/N-ethyl adjacent to an activating group) is 1. The molecular weight excluding hydrogens is 615 g/mol. The Labute approximate surface area is 279 Å². The molecule has 0 spiro atoms. The number of nitrogen functional groups attached to an aromatic ring is 1. The van der Waals surface area contributed by atoms with Crippen LogP contribution in [0.15, 0.2) is 23.0 Å². The standard InChI is InChI=1S/C31H39N11O2S.C2H6/c1-7-10-12-19-25(39-44-26(19)24-20(15-32)27(33)45-23(24)11-8-2)28-36-29(41-14-13-22(38-41)31(43)34-5)21-16-35-42(30(21)37-28)17-18(4)40(6)9-3;1-2/h13-14,16,18H,7-12,17,33H2,1-6H3,(H,34,43);1-2H3. The van der Waals surface area contributed by atoms with E-state index in [9.17, 15) is 10.1 Å². The highest BCUT2D eigenvalue weighted by molar-refractivity contribution is 7.16. The Morgan fingerprint density at radius 3 is 2.64 bits per heavy atom. The smallest absolute Gasteiger partial charge is 0.271 e. The van der Waals surface area contributed by atoms with Gasteiger partial charge in [0.25, 0.3) is 5.91 Å². The maximum absolute atomic E-state index is 12.3. The normalized spacial score (nSPS) is 11.8. The number of unbranched alkanes of at least 4 members (excludes halogenated alkanes) is 1. The Bertz CT molecular complexity index is 1860. The van der Waals surface area contributed by atoms with E-state index in [0.29, 0.717) is 63.2 Å². The molecule has 5 heterocycles. The maximum Gasteiger partial charge on any atom is 0.271 e. The summed E-state index contributed by atoms with van der Waals surface area (Å²) in [7, 11) is 3.63. The lowest BCUT2D eigenvalue weighted by molar-refractivity contribution is 0.0957. The quantitative estimate of drug-likeness (QED) is 0.156. The number of hydrogen-bond donors (Lipinski definition) is 2. The zero-order valence-corrected chi connectivity index (χ0v) is 29.4. The number of carbonyl (C=O) groups is 1. The van der Waals surface area contributed by atoms with Crippen molar-refractivity contribution in [1.82, 2.24) is 44.9 Å². The van der Waals surface area contributed by atoms with Crippen LogP contribution >= 0.6 is 11.3 Å². The Balaban J connectivity index is 0.00000245. The number of carbonyl (C=O) groups excluding carboxylic acids is 1. The highest BCUT2D eigenvalue weighted by Crippen LogP contribution is 2.43. The molecule has 0 fully saturated rings. The fourth-order valence-corrected chi connectivity index (χ4v) is 6.38. The van der Waals surface area contributed by atoms with Crippen LogP contribution in [0.25, 0.3) is 39.7 Å². The highest BCUT2D eigenvalue weighted by Gasteiger charge is 2.29. The van der Waals surface area contributed by atoms with Gasteiger partial charge in [-0.3, -0.25) is 4.79 Å².